The van der Waals surface area contributed by atoms with Crippen LogP contribution in [0.5, 0.6) is 11.5 Å². The maximum Gasteiger partial charge on any atom is 0.276 e. The summed E-state index contributed by atoms with van der Waals surface area (Å²) < 4.78 is 11.2. The van der Waals surface area contributed by atoms with Gasteiger partial charge in [-0.3, -0.25) is 20.4 Å². The van der Waals surface area contributed by atoms with E-state index in [1.54, 1.807) is 42.5 Å². The summed E-state index contributed by atoms with van der Waals surface area (Å²) in [5.74, 6) is -0.0630. The van der Waals surface area contributed by atoms with Crippen LogP contribution in [0.4, 0.5) is 0 Å². The quantitative estimate of drug-likeness (QED) is 0.560. The Balaban J connectivity index is 1.51. The maximum atomic E-state index is 12.5. The van der Waals surface area contributed by atoms with Gasteiger partial charge in [-0.15, -0.1) is 0 Å². The Hall–Kier alpha value is -3.51. The SMILES string of the molecule is Cc1cc(OCC(=O)NNC(=O)c2ccccc2OCc2ccccc2)ccc1Cl. The van der Waals surface area contributed by atoms with Gasteiger partial charge in [-0.1, -0.05) is 54.1 Å². The largest absolute Gasteiger partial charge is 0.488 e. The Labute approximate surface area is 179 Å². The summed E-state index contributed by atoms with van der Waals surface area (Å²) in [6.45, 7) is 1.91. The monoisotopic (exact) mass is 424 g/mol. The second kappa shape index (κ2) is 10.3. The molecule has 0 aliphatic rings. The van der Waals surface area contributed by atoms with E-state index in [4.69, 9.17) is 21.1 Å². The molecule has 154 valence electrons. The minimum Gasteiger partial charge on any atom is -0.488 e. The van der Waals surface area contributed by atoms with Crippen molar-refractivity contribution in [3.05, 3.63) is 94.5 Å². The lowest BCUT2D eigenvalue weighted by atomic mass is 10.2. The van der Waals surface area contributed by atoms with Gasteiger partial charge in [0, 0.05) is 5.02 Å². The predicted octanol–water partition coefficient (Wildman–Crippen LogP) is 4.07. The van der Waals surface area contributed by atoms with Crippen LogP contribution in [0.1, 0.15) is 21.5 Å². The smallest absolute Gasteiger partial charge is 0.276 e. The molecule has 0 atom stereocenters. The van der Waals surface area contributed by atoms with Crippen molar-refractivity contribution in [3.63, 3.8) is 0 Å². The third-order valence-corrected chi connectivity index (χ3v) is 4.61. The summed E-state index contributed by atoms with van der Waals surface area (Å²) in [4.78, 5) is 24.5. The van der Waals surface area contributed by atoms with Gasteiger partial charge in [-0.25, -0.2) is 0 Å². The van der Waals surface area contributed by atoms with Crippen LogP contribution < -0.4 is 20.3 Å². The molecule has 0 unspecified atom stereocenters. The number of aryl methyl sites for hydroxylation is 1. The average Bonchev–Trinajstić information content (AvgIpc) is 2.77. The molecule has 0 spiro atoms. The highest BCUT2D eigenvalue weighted by atomic mass is 35.5. The van der Waals surface area contributed by atoms with Crippen LogP contribution in [0, 0.1) is 6.92 Å². The molecular weight excluding hydrogens is 404 g/mol. The van der Waals surface area contributed by atoms with E-state index in [1.165, 1.54) is 0 Å². The van der Waals surface area contributed by atoms with Crippen molar-refractivity contribution < 1.29 is 19.1 Å². The lowest BCUT2D eigenvalue weighted by molar-refractivity contribution is -0.123. The summed E-state index contributed by atoms with van der Waals surface area (Å²) in [5.41, 5.74) is 6.84. The van der Waals surface area contributed by atoms with Gasteiger partial charge >= 0.3 is 0 Å². The van der Waals surface area contributed by atoms with E-state index < -0.39 is 11.8 Å². The first-order valence-corrected chi connectivity index (χ1v) is 9.64. The number of para-hydroxylation sites is 1. The normalized spacial score (nSPS) is 10.2. The summed E-state index contributed by atoms with van der Waals surface area (Å²) in [6, 6.07) is 21.5. The highest BCUT2D eigenvalue weighted by Gasteiger charge is 2.13. The Morgan fingerprint density at radius 1 is 0.900 bits per heavy atom. The fraction of sp³-hybridized carbons (Fsp3) is 0.130. The summed E-state index contributed by atoms with van der Waals surface area (Å²) in [7, 11) is 0. The standard InChI is InChI=1S/C23H21ClN2O4/c1-16-13-18(11-12-20(16)24)29-15-22(27)25-26-23(28)19-9-5-6-10-21(19)30-14-17-7-3-2-4-8-17/h2-13H,14-15H2,1H3,(H,25,27)(H,26,28). The minimum absolute atomic E-state index is 0.256. The number of carbonyl (C=O) groups excluding carboxylic acids is 2. The molecule has 0 saturated carbocycles. The average molecular weight is 425 g/mol. The number of halogens is 1. The van der Waals surface area contributed by atoms with Crippen LogP contribution in [0.2, 0.25) is 5.02 Å². The highest BCUT2D eigenvalue weighted by molar-refractivity contribution is 6.31. The number of hydrogen-bond donors (Lipinski definition) is 2. The van der Waals surface area contributed by atoms with E-state index in [-0.39, 0.29) is 6.61 Å². The highest BCUT2D eigenvalue weighted by Crippen LogP contribution is 2.21. The maximum absolute atomic E-state index is 12.5. The summed E-state index contributed by atoms with van der Waals surface area (Å²) in [5, 5.41) is 0.618. The summed E-state index contributed by atoms with van der Waals surface area (Å²) >= 11 is 5.96. The Bertz CT molecular complexity index is 1020. The van der Waals surface area contributed by atoms with Gasteiger partial charge < -0.3 is 9.47 Å². The molecule has 0 aliphatic heterocycles. The number of ether oxygens (including phenoxy) is 2. The fourth-order valence-corrected chi connectivity index (χ4v) is 2.72. The molecule has 0 bridgehead atoms. The summed E-state index contributed by atoms with van der Waals surface area (Å²) in [6.07, 6.45) is 0. The molecule has 0 heterocycles. The molecule has 3 rings (SSSR count). The van der Waals surface area contributed by atoms with Gasteiger partial charge in [-0.05, 0) is 48.4 Å². The third-order valence-electron chi connectivity index (χ3n) is 4.18. The molecule has 7 heteroatoms. The zero-order valence-corrected chi connectivity index (χ0v) is 17.1. The third kappa shape index (κ3) is 5.99. The van der Waals surface area contributed by atoms with Crippen LogP contribution in [-0.4, -0.2) is 18.4 Å². The number of nitrogens with one attached hydrogen (secondary N) is 2. The van der Waals surface area contributed by atoms with E-state index in [9.17, 15) is 9.59 Å². The van der Waals surface area contributed by atoms with E-state index >= 15 is 0 Å². The van der Waals surface area contributed by atoms with Crippen LogP contribution >= 0.6 is 11.6 Å². The van der Waals surface area contributed by atoms with Crippen molar-refractivity contribution >= 4 is 23.4 Å². The van der Waals surface area contributed by atoms with Crippen molar-refractivity contribution in [2.75, 3.05) is 6.61 Å². The molecule has 6 nitrogen and oxygen atoms in total. The second-order valence-corrected chi connectivity index (χ2v) is 6.88. The first-order chi connectivity index (χ1) is 14.5. The number of benzene rings is 3. The van der Waals surface area contributed by atoms with Gasteiger partial charge in [-0.2, -0.15) is 0 Å². The molecule has 0 aliphatic carbocycles. The van der Waals surface area contributed by atoms with Crippen LogP contribution in [0.15, 0.2) is 72.8 Å². The molecule has 0 fully saturated rings. The number of carbonyl (C=O) groups is 2. The zero-order valence-electron chi connectivity index (χ0n) is 16.4. The lowest BCUT2D eigenvalue weighted by Gasteiger charge is -2.13. The van der Waals surface area contributed by atoms with Crippen molar-refractivity contribution in [1.82, 2.24) is 10.9 Å². The van der Waals surface area contributed by atoms with Gasteiger partial charge in [0.25, 0.3) is 11.8 Å². The Morgan fingerprint density at radius 2 is 1.63 bits per heavy atom. The second-order valence-electron chi connectivity index (χ2n) is 6.47. The molecule has 30 heavy (non-hydrogen) atoms. The Morgan fingerprint density at radius 3 is 2.40 bits per heavy atom. The molecule has 0 radical (unpaired) electrons. The zero-order chi connectivity index (χ0) is 21.3. The number of rotatable bonds is 7. The van der Waals surface area contributed by atoms with Gasteiger partial charge in [0.1, 0.15) is 18.1 Å². The topological polar surface area (TPSA) is 76.7 Å². The van der Waals surface area contributed by atoms with Crippen LogP contribution in [0.25, 0.3) is 0 Å². The molecule has 2 N–H and O–H groups in total. The fourth-order valence-electron chi connectivity index (χ4n) is 2.60. The molecule has 3 aromatic carbocycles. The molecule has 0 saturated heterocycles. The van der Waals surface area contributed by atoms with Crippen LogP contribution in [-0.2, 0) is 11.4 Å². The van der Waals surface area contributed by atoms with Crippen molar-refractivity contribution in [2.45, 2.75) is 13.5 Å². The molecule has 2 amide bonds. The van der Waals surface area contributed by atoms with E-state index in [2.05, 4.69) is 10.9 Å². The van der Waals surface area contributed by atoms with Crippen molar-refractivity contribution in [1.29, 1.82) is 0 Å². The molecule has 0 aromatic heterocycles. The van der Waals surface area contributed by atoms with E-state index in [0.717, 1.165) is 11.1 Å². The van der Waals surface area contributed by atoms with E-state index in [1.807, 2.05) is 37.3 Å². The number of hydrazine groups is 1. The Kier molecular flexibility index (Phi) is 7.29. The van der Waals surface area contributed by atoms with Gasteiger partial charge in [0.05, 0.1) is 5.56 Å². The number of amides is 2. The van der Waals surface area contributed by atoms with Crippen molar-refractivity contribution in [3.8, 4) is 11.5 Å². The molecular formula is C23H21ClN2O4. The van der Waals surface area contributed by atoms with E-state index in [0.29, 0.717) is 28.7 Å². The predicted molar refractivity (Wildman–Crippen MR) is 115 cm³/mol. The van der Waals surface area contributed by atoms with Crippen LogP contribution in [0.3, 0.4) is 0 Å². The lowest BCUT2D eigenvalue weighted by Crippen LogP contribution is -2.43. The first-order valence-electron chi connectivity index (χ1n) is 9.27. The minimum atomic E-state index is -0.501. The van der Waals surface area contributed by atoms with Crippen molar-refractivity contribution in [2.24, 2.45) is 0 Å². The molecule has 3 aromatic rings. The first kappa shape index (κ1) is 21.2. The number of hydrogen-bond acceptors (Lipinski definition) is 4. The van der Waals surface area contributed by atoms with Gasteiger partial charge in [0.15, 0.2) is 6.61 Å². The van der Waals surface area contributed by atoms with Gasteiger partial charge in [0.2, 0.25) is 0 Å².